The summed E-state index contributed by atoms with van der Waals surface area (Å²) < 4.78 is 17.9. The molecule has 0 saturated carbocycles. The van der Waals surface area contributed by atoms with E-state index in [0.29, 0.717) is 17.9 Å². The van der Waals surface area contributed by atoms with Gasteiger partial charge in [0.25, 0.3) is 0 Å². The monoisotopic (exact) mass is 298 g/mol. The van der Waals surface area contributed by atoms with Crippen LogP contribution in [0.4, 0.5) is 10.1 Å². The van der Waals surface area contributed by atoms with Crippen molar-refractivity contribution in [1.82, 2.24) is 0 Å². The minimum Gasteiger partial charge on any atom is -0.497 e. The summed E-state index contributed by atoms with van der Waals surface area (Å²) in [6.07, 6.45) is 0.299. The molecule has 0 aliphatic rings. The summed E-state index contributed by atoms with van der Waals surface area (Å²) in [5.74, 6) is -0.899. The molecule has 2 rings (SSSR count). The fourth-order valence-corrected chi connectivity index (χ4v) is 1.96. The van der Waals surface area contributed by atoms with Crippen molar-refractivity contribution >= 4 is 11.6 Å². The van der Waals surface area contributed by atoms with Gasteiger partial charge in [-0.1, -0.05) is 12.1 Å². The van der Waals surface area contributed by atoms with Crippen molar-refractivity contribution in [2.75, 3.05) is 12.4 Å². The predicted octanol–water partition coefficient (Wildman–Crippen LogP) is 3.16. The van der Waals surface area contributed by atoms with Crippen LogP contribution in [0.2, 0.25) is 0 Å². The zero-order chi connectivity index (χ0) is 15.9. The van der Waals surface area contributed by atoms with Gasteiger partial charge in [0, 0.05) is 5.69 Å². The van der Waals surface area contributed by atoms with Gasteiger partial charge in [0.05, 0.1) is 13.2 Å². The lowest BCUT2D eigenvalue weighted by Gasteiger charge is -2.11. The summed E-state index contributed by atoms with van der Waals surface area (Å²) in [5, 5.41) is 11.8. The Morgan fingerprint density at radius 1 is 1.23 bits per heavy atom. The highest BCUT2D eigenvalue weighted by Crippen LogP contribution is 2.16. The van der Waals surface area contributed by atoms with Crippen molar-refractivity contribution in [3.63, 3.8) is 0 Å². The summed E-state index contributed by atoms with van der Waals surface area (Å²) in [5.41, 5.74) is 1.32. The molecule has 4 nitrogen and oxygen atoms in total. The first-order valence-corrected chi connectivity index (χ1v) is 6.71. The van der Waals surface area contributed by atoms with E-state index in [4.69, 9.17) is 4.74 Å². The molecule has 1 atom stereocenters. The number of halogens is 1. The van der Waals surface area contributed by atoms with Gasteiger partial charge in [-0.05, 0) is 48.4 Å². The summed E-state index contributed by atoms with van der Waals surface area (Å²) in [4.78, 5) is 12.1. The lowest BCUT2D eigenvalue weighted by atomic mass is 9.99. The third-order valence-electron chi connectivity index (χ3n) is 3.18. The maximum Gasteiger partial charge on any atom is 0.242 e. The summed E-state index contributed by atoms with van der Waals surface area (Å²) in [6.45, 7) is 0. The second-order valence-electron chi connectivity index (χ2n) is 4.73. The Kier molecular flexibility index (Phi) is 5.10. The lowest BCUT2D eigenvalue weighted by Crippen LogP contribution is -2.23. The molecular weight excluding hydrogens is 283 g/mol. The van der Waals surface area contributed by atoms with Crippen molar-refractivity contribution in [3.05, 3.63) is 59.9 Å². The molecule has 0 bridgehead atoms. The molecule has 0 unspecified atom stereocenters. The number of anilines is 1. The molecule has 0 aliphatic heterocycles. The van der Waals surface area contributed by atoms with Gasteiger partial charge in [0.2, 0.25) is 5.91 Å². The van der Waals surface area contributed by atoms with Crippen molar-refractivity contribution < 1.29 is 13.9 Å². The Labute approximate surface area is 128 Å². The van der Waals surface area contributed by atoms with Crippen molar-refractivity contribution in [1.29, 1.82) is 5.26 Å². The van der Waals surface area contributed by atoms with E-state index in [-0.39, 0.29) is 5.82 Å². The van der Waals surface area contributed by atoms with Crippen LogP contribution in [0.1, 0.15) is 5.56 Å². The molecule has 0 saturated heterocycles. The number of nitrogens with zero attached hydrogens (tertiary/aromatic N) is 1. The number of nitrogens with one attached hydrogen (secondary N) is 1. The third-order valence-corrected chi connectivity index (χ3v) is 3.18. The first-order chi connectivity index (χ1) is 10.6. The molecule has 0 aliphatic carbocycles. The number of carbonyl (C=O) groups excluding carboxylic acids is 1. The average Bonchev–Trinajstić information content (AvgIpc) is 2.55. The molecule has 112 valence electrons. The zero-order valence-corrected chi connectivity index (χ0v) is 12.0. The van der Waals surface area contributed by atoms with E-state index in [1.807, 2.05) is 18.2 Å². The Balaban J connectivity index is 2.02. The number of benzene rings is 2. The van der Waals surface area contributed by atoms with Crippen LogP contribution in [-0.2, 0) is 11.2 Å². The molecular formula is C17H15FN2O2. The summed E-state index contributed by atoms with van der Waals surface area (Å²) in [7, 11) is 1.57. The summed E-state index contributed by atoms with van der Waals surface area (Å²) in [6, 6.07) is 14.6. The number of hydrogen-bond acceptors (Lipinski definition) is 3. The van der Waals surface area contributed by atoms with Gasteiger partial charge in [-0.15, -0.1) is 0 Å². The van der Waals surface area contributed by atoms with Gasteiger partial charge >= 0.3 is 0 Å². The quantitative estimate of drug-likeness (QED) is 0.922. The van der Waals surface area contributed by atoms with Gasteiger partial charge < -0.3 is 10.1 Å². The van der Waals surface area contributed by atoms with Gasteiger partial charge in [0.15, 0.2) is 0 Å². The van der Waals surface area contributed by atoms with Crippen molar-refractivity contribution in [3.8, 4) is 11.8 Å². The lowest BCUT2D eigenvalue weighted by molar-refractivity contribution is -0.118. The number of nitriles is 1. The van der Waals surface area contributed by atoms with Gasteiger partial charge in [-0.25, -0.2) is 4.39 Å². The van der Waals surface area contributed by atoms with Crippen LogP contribution < -0.4 is 10.1 Å². The summed E-state index contributed by atoms with van der Waals surface area (Å²) >= 11 is 0. The van der Waals surface area contributed by atoms with Crippen LogP contribution in [0.3, 0.4) is 0 Å². The normalized spacial score (nSPS) is 11.3. The third kappa shape index (κ3) is 4.06. The molecule has 0 fully saturated rings. The SMILES string of the molecule is COc1ccc(C[C@H](C#N)C(=O)Nc2ccc(F)cc2)cc1. The van der Waals surface area contributed by atoms with Crippen molar-refractivity contribution in [2.24, 2.45) is 5.92 Å². The molecule has 1 amide bonds. The van der Waals surface area contributed by atoms with Crippen LogP contribution in [-0.4, -0.2) is 13.0 Å². The van der Waals surface area contributed by atoms with Crippen LogP contribution in [0.5, 0.6) is 5.75 Å². The smallest absolute Gasteiger partial charge is 0.242 e. The van der Waals surface area contributed by atoms with E-state index in [1.54, 1.807) is 19.2 Å². The van der Waals surface area contributed by atoms with Crippen LogP contribution in [0.15, 0.2) is 48.5 Å². The molecule has 0 spiro atoms. The van der Waals surface area contributed by atoms with Crippen LogP contribution in [0.25, 0.3) is 0 Å². The number of carbonyl (C=O) groups is 1. The highest BCUT2D eigenvalue weighted by atomic mass is 19.1. The number of ether oxygens (including phenoxy) is 1. The highest BCUT2D eigenvalue weighted by Gasteiger charge is 2.18. The molecule has 22 heavy (non-hydrogen) atoms. The van der Waals surface area contributed by atoms with Crippen LogP contribution in [0, 0.1) is 23.1 Å². The van der Waals surface area contributed by atoms with E-state index >= 15 is 0 Å². The van der Waals surface area contributed by atoms with E-state index in [1.165, 1.54) is 24.3 Å². The van der Waals surface area contributed by atoms with E-state index < -0.39 is 11.8 Å². The first kappa shape index (κ1) is 15.5. The first-order valence-electron chi connectivity index (χ1n) is 6.71. The Morgan fingerprint density at radius 3 is 2.41 bits per heavy atom. The number of hydrogen-bond donors (Lipinski definition) is 1. The minimum atomic E-state index is -0.821. The second-order valence-corrected chi connectivity index (χ2v) is 4.73. The largest absolute Gasteiger partial charge is 0.497 e. The van der Waals surface area contributed by atoms with Gasteiger partial charge in [0.1, 0.15) is 17.5 Å². The van der Waals surface area contributed by atoms with Crippen LogP contribution >= 0.6 is 0 Å². The topological polar surface area (TPSA) is 62.1 Å². The average molecular weight is 298 g/mol. The Bertz CT molecular complexity index is 675. The molecule has 5 heteroatoms. The fraction of sp³-hybridized carbons (Fsp3) is 0.176. The molecule has 2 aromatic rings. The van der Waals surface area contributed by atoms with Gasteiger partial charge in [-0.3, -0.25) is 4.79 Å². The van der Waals surface area contributed by atoms with Gasteiger partial charge in [-0.2, -0.15) is 5.26 Å². The van der Waals surface area contributed by atoms with Crippen molar-refractivity contribution in [2.45, 2.75) is 6.42 Å². The molecule has 2 aromatic carbocycles. The maximum absolute atomic E-state index is 12.8. The zero-order valence-electron chi connectivity index (χ0n) is 12.0. The van der Waals surface area contributed by atoms with E-state index in [2.05, 4.69) is 5.32 Å². The molecule has 0 radical (unpaired) electrons. The Morgan fingerprint density at radius 2 is 1.86 bits per heavy atom. The number of methoxy groups -OCH3 is 1. The molecule has 0 aromatic heterocycles. The Hall–Kier alpha value is -2.87. The second kappa shape index (κ2) is 7.23. The minimum absolute atomic E-state index is 0.299. The number of amides is 1. The standard InChI is InChI=1S/C17H15FN2O2/c1-22-16-8-2-12(3-9-16)10-13(11-19)17(21)20-15-6-4-14(18)5-7-15/h2-9,13H,10H2,1H3,(H,20,21)/t13-/m1/s1. The van der Waals surface area contributed by atoms with E-state index in [9.17, 15) is 14.4 Å². The predicted molar refractivity (Wildman–Crippen MR) is 80.8 cm³/mol. The highest BCUT2D eigenvalue weighted by molar-refractivity contribution is 5.94. The molecule has 0 heterocycles. The van der Waals surface area contributed by atoms with E-state index in [0.717, 1.165) is 5.56 Å². The molecule has 1 N–H and O–H groups in total. The number of rotatable bonds is 5. The maximum atomic E-state index is 12.8. The fourth-order valence-electron chi connectivity index (χ4n) is 1.96.